The van der Waals surface area contributed by atoms with E-state index in [1.165, 1.54) is 0 Å². The molecule has 0 bridgehead atoms. The van der Waals surface area contributed by atoms with Crippen molar-refractivity contribution in [2.24, 2.45) is 0 Å². The van der Waals surface area contributed by atoms with Crippen molar-refractivity contribution in [1.82, 2.24) is 0 Å². The van der Waals surface area contributed by atoms with Crippen LogP contribution in [0.15, 0.2) is 18.2 Å². The third kappa shape index (κ3) is 2.57. The van der Waals surface area contributed by atoms with Gasteiger partial charge in [0.15, 0.2) is 0 Å². The van der Waals surface area contributed by atoms with Gasteiger partial charge in [0.25, 0.3) is 0 Å². The van der Waals surface area contributed by atoms with Gasteiger partial charge in [0.2, 0.25) is 0 Å². The van der Waals surface area contributed by atoms with Crippen molar-refractivity contribution in [3.8, 4) is 12.3 Å². The Kier molecular flexibility index (Phi) is 3.31. The molecule has 0 unspecified atom stereocenters. The van der Waals surface area contributed by atoms with Crippen LogP contribution in [0.1, 0.15) is 13.8 Å². The maximum absolute atomic E-state index is 5.98. The molecule has 0 spiro atoms. The van der Waals surface area contributed by atoms with Crippen LogP contribution >= 0.6 is 23.2 Å². The Labute approximate surface area is 94.4 Å². The molecule has 0 saturated carbocycles. The fourth-order valence-electron chi connectivity index (χ4n) is 0.966. The second kappa shape index (κ2) is 4.13. The van der Waals surface area contributed by atoms with Gasteiger partial charge in [0.05, 0.1) is 21.3 Å². The van der Waals surface area contributed by atoms with E-state index in [1.54, 1.807) is 18.2 Å². The summed E-state index contributed by atoms with van der Waals surface area (Å²) >= 11 is 12.0. The SMILES string of the molecule is C#CC(C)(C)Nc1c(Cl)cccc1Cl. The highest BCUT2D eigenvalue weighted by molar-refractivity contribution is 6.39. The molecule has 1 nitrogen and oxygen atoms in total. The Bertz CT molecular complexity index is 357. The van der Waals surface area contributed by atoms with Gasteiger partial charge in [-0.2, -0.15) is 0 Å². The molecule has 1 aromatic carbocycles. The second-order valence-electron chi connectivity index (χ2n) is 3.49. The largest absolute Gasteiger partial charge is 0.367 e. The fraction of sp³-hybridized carbons (Fsp3) is 0.273. The molecule has 0 amide bonds. The van der Waals surface area contributed by atoms with Crippen LogP contribution in [-0.4, -0.2) is 5.54 Å². The minimum absolute atomic E-state index is 0.464. The molecule has 0 aliphatic rings. The van der Waals surface area contributed by atoms with Gasteiger partial charge in [-0.25, -0.2) is 0 Å². The molecule has 0 fully saturated rings. The van der Waals surface area contributed by atoms with E-state index in [1.807, 2.05) is 13.8 Å². The molecule has 74 valence electrons. The van der Waals surface area contributed by atoms with E-state index in [2.05, 4.69) is 11.2 Å². The smallest absolute Gasteiger partial charge is 0.0928 e. The van der Waals surface area contributed by atoms with E-state index in [4.69, 9.17) is 29.6 Å². The fourth-order valence-corrected chi connectivity index (χ4v) is 1.46. The van der Waals surface area contributed by atoms with Crippen LogP contribution in [0.5, 0.6) is 0 Å². The number of rotatable bonds is 2. The molecule has 0 aliphatic heterocycles. The standard InChI is InChI=1S/C11H11Cl2N/c1-4-11(2,3)14-10-8(12)6-5-7-9(10)13/h1,5-7,14H,2-3H3. The van der Waals surface area contributed by atoms with Crippen molar-refractivity contribution < 1.29 is 0 Å². The van der Waals surface area contributed by atoms with Gasteiger partial charge in [-0.05, 0) is 26.0 Å². The van der Waals surface area contributed by atoms with Gasteiger partial charge in [-0.1, -0.05) is 35.2 Å². The van der Waals surface area contributed by atoms with Crippen molar-refractivity contribution in [3.63, 3.8) is 0 Å². The Hall–Kier alpha value is -0.840. The molecule has 1 N–H and O–H groups in total. The summed E-state index contributed by atoms with van der Waals surface area (Å²) in [6.45, 7) is 3.76. The van der Waals surface area contributed by atoms with Crippen LogP contribution in [0.2, 0.25) is 10.0 Å². The molecule has 1 aromatic rings. The number of anilines is 1. The third-order valence-corrected chi connectivity index (χ3v) is 2.39. The van der Waals surface area contributed by atoms with Gasteiger partial charge in [0.1, 0.15) is 0 Å². The first-order valence-corrected chi connectivity index (χ1v) is 4.92. The minimum atomic E-state index is -0.464. The molecule has 0 radical (unpaired) electrons. The third-order valence-electron chi connectivity index (χ3n) is 1.76. The summed E-state index contributed by atoms with van der Waals surface area (Å²) in [6.07, 6.45) is 5.36. The van der Waals surface area contributed by atoms with Crippen LogP contribution in [0.25, 0.3) is 0 Å². The highest BCUT2D eigenvalue weighted by Crippen LogP contribution is 2.31. The zero-order valence-corrected chi connectivity index (χ0v) is 9.58. The second-order valence-corrected chi connectivity index (χ2v) is 4.31. The van der Waals surface area contributed by atoms with Crippen LogP contribution in [-0.2, 0) is 0 Å². The topological polar surface area (TPSA) is 12.0 Å². The van der Waals surface area contributed by atoms with Crippen molar-refractivity contribution in [3.05, 3.63) is 28.2 Å². The molecular formula is C11H11Cl2N. The van der Waals surface area contributed by atoms with Crippen molar-refractivity contribution >= 4 is 28.9 Å². The lowest BCUT2D eigenvalue weighted by atomic mass is 10.1. The Balaban J connectivity index is 3.04. The average Bonchev–Trinajstić information content (AvgIpc) is 2.12. The summed E-state index contributed by atoms with van der Waals surface area (Å²) in [7, 11) is 0. The van der Waals surface area contributed by atoms with E-state index in [0.29, 0.717) is 15.7 Å². The normalized spacial score (nSPS) is 10.8. The first-order valence-electron chi connectivity index (χ1n) is 4.16. The number of hydrogen-bond acceptors (Lipinski definition) is 1. The molecule has 0 heterocycles. The van der Waals surface area contributed by atoms with E-state index in [9.17, 15) is 0 Å². The quantitative estimate of drug-likeness (QED) is 0.758. The molecule has 0 atom stereocenters. The zero-order chi connectivity index (χ0) is 10.8. The summed E-state index contributed by atoms with van der Waals surface area (Å²) in [5.74, 6) is 2.62. The lowest BCUT2D eigenvalue weighted by Gasteiger charge is -2.22. The van der Waals surface area contributed by atoms with Gasteiger partial charge in [-0.15, -0.1) is 6.42 Å². The lowest BCUT2D eigenvalue weighted by molar-refractivity contribution is 0.742. The average molecular weight is 228 g/mol. The highest BCUT2D eigenvalue weighted by Gasteiger charge is 2.16. The number of para-hydroxylation sites is 1. The van der Waals surface area contributed by atoms with Crippen molar-refractivity contribution in [2.45, 2.75) is 19.4 Å². The van der Waals surface area contributed by atoms with Gasteiger partial charge in [-0.3, -0.25) is 0 Å². The van der Waals surface area contributed by atoms with E-state index in [0.717, 1.165) is 0 Å². The number of hydrogen-bond donors (Lipinski definition) is 1. The Morgan fingerprint density at radius 1 is 1.29 bits per heavy atom. The summed E-state index contributed by atoms with van der Waals surface area (Å²) in [4.78, 5) is 0. The summed E-state index contributed by atoms with van der Waals surface area (Å²) in [5.41, 5.74) is 0.216. The first kappa shape index (κ1) is 11.2. The highest BCUT2D eigenvalue weighted by atomic mass is 35.5. The number of halogens is 2. The molecule has 0 aromatic heterocycles. The monoisotopic (exact) mass is 227 g/mol. The molecule has 0 aliphatic carbocycles. The maximum atomic E-state index is 5.98. The molecular weight excluding hydrogens is 217 g/mol. The van der Waals surface area contributed by atoms with E-state index >= 15 is 0 Å². The minimum Gasteiger partial charge on any atom is -0.367 e. The summed E-state index contributed by atoms with van der Waals surface area (Å²) in [6, 6.07) is 5.32. The lowest BCUT2D eigenvalue weighted by Crippen LogP contribution is -2.28. The Morgan fingerprint density at radius 3 is 2.21 bits per heavy atom. The maximum Gasteiger partial charge on any atom is 0.0928 e. The predicted octanol–water partition coefficient (Wildman–Crippen LogP) is 3.82. The number of nitrogens with one attached hydrogen (secondary N) is 1. The predicted molar refractivity (Wildman–Crippen MR) is 63.0 cm³/mol. The van der Waals surface area contributed by atoms with Gasteiger partial charge in [0, 0.05) is 0 Å². The van der Waals surface area contributed by atoms with Crippen LogP contribution in [0.3, 0.4) is 0 Å². The summed E-state index contributed by atoms with van der Waals surface area (Å²) in [5, 5.41) is 4.24. The van der Waals surface area contributed by atoms with E-state index in [-0.39, 0.29) is 0 Å². The van der Waals surface area contributed by atoms with Crippen LogP contribution < -0.4 is 5.32 Å². The van der Waals surface area contributed by atoms with Crippen molar-refractivity contribution in [1.29, 1.82) is 0 Å². The van der Waals surface area contributed by atoms with Gasteiger partial charge < -0.3 is 5.32 Å². The number of benzene rings is 1. The molecule has 14 heavy (non-hydrogen) atoms. The molecule has 1 rings (SSSR count). The molecule has 3 heteroatoms. The van der Waals surface area contributed by atoms with Crippen LogP contribution in [0, 0.1) is 12.3 Å². The Morgan fingerprint density at radius 2 is 1.79 bits per heavy atom. The van der Waals surface area contributed by atoms with Crippen LogP contribution in [0.4, 0.5) is 5.69 Å². The zero-order valence-electron chi connectivity index (χ0n) is 8.07. The van der Waals surface area contributed by atoms with E-state index < -0.39 is 5.54 Å². The first-order chi connectivity index (χ1) is 6.46. The number of terminal acetylenes is 1. The van der Waals surface area contributed by atoms with Crippen molar-refractivity contribution in [2.75, 3.05) is 5.32 Å². The summed E-state index contributed by atoms with van der Waals surface area (Å²) < 4.78 is 0. The molecule has 0 saturated heterocycles. The van der Waals surface area contributed by atoms with Gasteiger partial charge >= 0.3 is 0 Å².